The van der Waals surface area contributed by atoms with E-state index < -0.39 is 30.3 Å². The van der Waals surface area contributed by atoms with Gasteiger partial charge in [-0.3, -0.25) is 14.4 Å². The van der Waals surface area contributed by atoms with Gasteiger partial charge in [0.15, 0.2) is 6.61 Å². The van der Waals surface area contributed by atoms with E-state index in [9.17, 15) is 19.2 Å². The molecule has 0 spiro atoms. The molecule has 1 aliphatic rings. The van der Waals surface area contributed by atoms with Crippen molar-refractivity contribution in [3.05, 3.63) is 94.5 Å². The van der Waals surface area contributed by atoms with Crippen LogP contribution in [0, 0.1) is 0 Å². The Labute approximate surface area is 210 Å². The predicted octanol–water partition coefficient (Wildman–Crippen LogP) is 5.53. The number of imide groups is 1. The van der Waals surface area contributed by atoms with E-state index in [0.29, 0.717) is 11.1 Å². The molecule has 3 aromatic rings. The topological polar surface area (TPSA) is 92.8 Å². The Balaban J connectivity index is 1.46. The number of esters is 1. The summed E-state index contributed by atoms with van der Waals surface area (Å²) in [5, 5.41) is 2.91. The zero-order valence-electron chi connectivity index (χ0n) is 20.7. The summed E-state index contributed by atoms with van der Waals surface area (Å²) >= 11 is 0. The SMILES string of the molecule is CC(C)c1cccc(C(C)C)c1NC(=O)COC(=O)c1cccc(N2C(=O)c3ccccc3C2=O)c1. The highest BCUT2D eigenvalue weighted by molar-refractivity contribution is 6.34. The molecule has 1 aliphatic heterocycles. The zero-order chi connectivity index (χ0) is 26.0. The van der Waals surface area contributed by atoms with Crippen LogP contribution in [-0.4, -0.2) is 30.3 Å². The lowest BCUT2D eigenvalue weighted by Crippen LogP contribution is -2.29. The molecule has 3 amide bonds. The number of hydrogen-bond donors (Lipinski definition) is 1. The van der Waals surface area contributed by atoms with Crippen molar-refractivity contribution in [2.45, 2.75) is 39.5 Å². The molecule has 0 bridgehead atoms. The summed E-state index contributed by atoms with van der Waals surface area (Å²) in [6.45, 7) is 7.74. The smallest absolute Gasteiger partial charge is 0.338 e. The maximum absolute atomic E-state index is 12.8. The molecule has 0 unspecified atom stereocenters. The van der Waals surface area contributed by atoms with Gasteiger partial charge in [-0.15, -0.1) is 0 Å². The fourth-order valence-electron chi connectivity index (χ4n) is 4.28. The molecule has 36 heavy (non-hydrogen) atoms. The lowest BCUT2D eigenvalue weighted by Gasteiger charge is -2.20. The van der Waals surface area contributed by atoms with Gasteiger partial charge in [0, 0.05) is 5.69 Å². The Kier molecular flexibility index (Phi) is 7.01. The van der Waals surface area contributed by atoms with Gasteiger partial charge < -0.3 is 10.1 Å². The first-order valence-corrected chi connectivity index (χ1v) is 11.9. The van der Waals surface area contributed by atoms with Crippen molar-refractivity contribution < 1.29 is 23.9 Å². The number of fused-ring (bicyclic) bond motifs is 1. The molecule has 3 aromatic carbocycles. The maximum atomic E-state index is 12.8. The van der Waals surface area contributed by atoms with Crippen LogP contribution in [0.5, 0.6) is 0 Å². The van der Waals surface area contributed by atoms with Gasteiger partial charge in [0.2, 0.25) is 0 Å². The number of hydrogen-bond acceptors (Lipinski definition) is 5. The first-order chi connectivity index (χ1) is 17.2. The van der Waals surface area contributed by atoms with E-state index in [1.807, 2.05) is 18.2 Å². The molecule has 4 rings (SSSR count). The minimum Gasteiger partial charge on any atom is -0.452 e. The molecule has 0 atom stereocenters. The highest BCUT2D eigenvalue weighted by Crippen LogP contribution is 2.32. The third-order valence-electron chi connectivity index (χ3n) is 6.11. The van der Waals surface area contributed by atoms with E-state index in [4.69, 9.17) is 4.74 Å². The summed E-state index contributed by atoms with van der Waals surface area (Å²) in [5.74, 6) is -1.69. The van der Waals surface area contributed by atoms with E-state index in [2.05, 4.69) is 33.0 Å². The number of carbonyl (C=O) groups excluding carboxylic acids is 4. The van der Waals surface area contributed by atoms with Crippen molar-refractivity contribution in [1.29, 1.82) is 0 Å². The first kappa shape index (κ1) is 24.9. The Bertz CT molecular complexity index is 1300. The molecule has 1 N–H and O–H groups in total. The van der Waals surface area contributed by atoms with Gasteiger partial charge in [-0.1, -0.05) is 64.1 Å². The summed E-state index contributed by atoms with van der Waals surface area (Å²) in [6.07, 6.45) is 0. The molecular weight excluding hydrogens is 456 g/mol. The predicted molar refractivity (Wildman–Crippen MR) is 138 cm³/mol. The molecule has 7 heteroatoms. The van der Waals surface area contributed by atoms with Crippen LogP contribution < -0.4 is 10.2 Å². The summed E-state index contributed by atoms with van der Waals surface area (Å²) < 4.78 is 5.26. The first-order valence-electron chi connectivity index (χ1n) is 11.9. The number of benzene rings is 3. The summed E-state index contributed by atoms with van der Waals surface area (Å²) in [6, 6.07) is 18.5. The van der Waals surface area contributed by atoms with Gasteiger partial charge in [0.1, 0.15) is 0 Å². The largest absolute Gasteiger partial charge is 0.452 e. The van der Waals surface area contributed by atoms with Crippen LogP contribution in [0.4, 0.5) is 11.4 Å². The summed E-state index contributed by atoms with van der Waals surface area (Å²) in [5.41, 5.74) is 3.78. The minimum atomic E-state index is -0.732. The molecule has 0 fully saturated rings. The number of ether oxygens (including phenoxy) is 1. The van der Waals surface area contributed by atoms with Gasteiger partial charge in [0.05, 0.1) is 22.4 Å². The van der Waals surface area contributed by atoms with E-state index in [1.54, 1.807) is 36.4 Å². The second-order valence-corrected chi connectivity index (χ2v) is 9.29. The molecule has 1 heterocycles. The van der Waals surface area contributed by atoms with Gasteiger partial charge in [-0.25, -0.2) is 9.69 Å². The number of anilines is 2. The van der Waals surface area contributed by atoms with Gasteiger partial charge >= 0.3 is 5.97 Å². The van der Waals surface area contributed by atoms with Crippen molar-refractivity contribution in [3.63, 3.8) is 0 Å². The fourth-order valence-corrected chi connectivity index (χ4v) is 4.28. The minimum absolute atomic E-state index is 0.127. The van der Waals surface area contributed by atoms with E-state index >= 15 is 0 Å². The summed E-state index contributed by atoms with van der Waals surface area (Å²) in [4.78, 5) is 52.0. The Hall–Kier alpha value is -4.26. The molecule has 0 saturated heterocycles. The monoisotopic (exact) mass is 484 g/mol. The maximum Gasteiger partial charge on any atom is 0.338 e. The highest BCUT2D eigenvalue weighted by Gasteiger charge is 2.36. The third kappa shape index (κ3) is 4.77. The van der Waals surface area contributed by atoms with Crippen molar-refractivity contribution >= 4 is 35.1 Å². The quantitative estimate of drug-likeness (QED) is 0.352. The number of amides is 3. The van der Waals surface area contributed by atoms with Crippen LogP contribution in [0.15, 0.2) is 66.7 Å². The van der Waals surface area contributed by atoms with Crippen LogP contribution in [0.3, 0.4) is 0 Å². The lowest BCUT2D eigenvalue weighted by molar-refractivity contribution is -0.119. The highest BCUT2D eigenvalue weighted by atomic mass is 16.5. The summed E-state index contributed by atoms with van der Waals surface area (Å²) in [7, 11) is 0. The molecule has 0 aliphatic carbocycles. The average molecular weight is 485 g/mol. The molecule has 0 saturated carbocycles. The van der Waals surface area contributed by atoms with Crippen LogP contribution in [-0.2, 0) is 9.53 Å². The van der Waals surface area contributed by atoms with Crippen molar-refractivity contribution in [3.8, 4) is 0 Å². The van der Waals surface area contributed by atoms with Gasteiger partial charge in [-0.05, 0) is 53.3 Å². The second kappa shape index (κ2) is 10.2. The lowest BCUT2D eigenvalue weighted by atomic mass is 9.92. The standard InChI is InChI=1S/C29H28N2O5/c1-17(2)21-13-8-14-22(18(3)4)26(21)30-25(32)16-36-29(35)19-9-7-10-20(15-19)31-27(33)23-11-5-6-12-24(23)28(31)34/h5-15,17-18H,16H2,1-4H3,(H,30,32). The van der Waals surface area contributed by atoms with Gasteiger partial charge in [0.25, 0.3) is 17.7 Å². The fraction of sp³-hybridized carbons (Fsp3) is 0.241. The molecule has 0 aromatic heterocycles. The van der Waals surface area contributed by atoms with Crippen molar-refractivity contribution in [2.24, 2.45) is 0 Å². The normalized spacial score (nSPS) is 12.8. The van der Waals surface area contributed by atoms with Crippen LogP contribution >= 0.6 is 0 Å². The molecule has 184 valence electrons. The van der Waals surface area contributed by atoms with E-state index in [1.165, 1.54) is 12.1 Å². The molecule has 0 radical (unpaired) electrons. The number of nitrogens with one attached hydrogen (secondary N) is 1. The second-order valence-electron chi connectivity index (χ2n) is 9.29. The average Bonchev–Trinajstić information content (AvgIpc) is 3.12. The molecule has 7 nitrogen and oxygen atoms in total. The Morgan fingerprint density at radius 2 is 1.36 bits per heavy atom. The van der Waals surface area contributed by atoms with Crippen molar-refractivity contribution in [1.82, 2.24) is 0 Å². The number of carbonyl (C=O) groups is 4. The van der Waals surface area contributed by atoms with E-state index in [0.717, 1.165) is 21.7 Å². The number of para-hydroxylation sites is 1. The van der Waals surface area contributed by atoms with E-state index in [-0.39, 0.29) is 23.1 Å². The third-order valence-corrected chi connectivity index (χ3v) is 6.11. The molecular formula is C29H28N2O5. The van der Waals surface area contributed by atoms with Crippen LogP contribution in [0.1, 0.15) is 81.7 Å². The Morgan fingerprint density at radius 1 is 0.806 bits per heavy atom. The van der Waals surface area contributed by atoms with Crippen LogP contribution in [0.2, 0.25) is 0 Å². The van der Waals surface area contributed by atoms with Crippen molar-refractivity contribution in [2.75, 3.05) is 16.8 Å². The Morgan fingerprint density at radius 3 is 1.92 bits per heavy atom. The zero-order valence-corrected chi connectivity index (χ0v) is 20.7. The number of nitrogens with zero attached hydrogens (tertiary/aromatic N) is 1. The number of rotatable bonds is 7. The van der Waals surface area contributed by atoms with Gasteiger partial charge in [-0.2, -0.15) is 0 Å². The van der Waals surface area contributed by atoms with Crippen LogP contribution in [0.25, 0.3) is 0 Å².